The van der Waals surface area contributed by atoms with Crippen LogP contribution in [0.5, 0.6) is 0 Å². The van der Waals surface area contributed by atoms with Crippen LogP contribution in [0.2, 0.25) is 0 Å². The van der Waals surface area contributed by atoms with Crippen molar-refractivity contribution in [2.45, 2.75) is 38.7 Å². The largest absolute Gasteiger partial charge is 0.451 e. The highest BCUT2D eigenvalue weighted by molar-refractivity contribution is 7.89. The maximum atomic E-state index is 12.5. The van der Waals surface area contributed by atoms with Crippen molar-refractivity contribution in [1.82, 2.24) is 14.7 Å². The number of nitrogens with one attached hydrogen (secondary N) is 2. The number of aromatic nitrogens is 2. The first-order valence-corrected chi connectivity index (χ1v) is 11.2. The number of carbonyl (C=O) groups is 1. The predicted octanol–water partition coefficient (Wildman–Crippen LogP) is 2.82. The Kier molecular flexibility index (Phi) is 5.87. The average Bonchev–Trinajstić information content (AvgIpc) is 2.96. The molecule has 1 aromatic carbocycles. The fourth-order valence-electron chi connectivity index (χ4n) is 2.81. The third-order valence-electron chi connectivity index (χ3n) is 4.44. The molecule has 29 heavy (non-hydrogen) atoms. The van der Waals surface area contributed by atoms with Gasteiger partial charge < -0.3 is 9.72 Å². The normalized spacial score (nSPS) is 12.8. The average molecular weight is 436 g/mol. The molecule has 0 saturated heterocycles. The van der Waals surface area contributed by atoms with Crippen LogP contribution in [0.25, 0.3) is 10.2 Å². The zero-order valence-corrected chi connectivity index (χ0v) is 18.0. The standard InChI is InChI=1S/C19H21N3O5S2/c1-5-20-29(25,26)14-8-6-7-13(9-14)19(24)27-11(3)16-21-17(23)15-10(2)12(4)28-18(15)22-16/h6-9,11,20H,5H2,1-4H3,(H,21,22,23)/t11-/m0/s1. The van der Waals surface area contributed by atoms with Gasteiger partial charge in [0, 0.05) is 11.4 Å². The maximum absolute atomic E-state index is 12.5. The molecule has 2 aromatic heterocycles. The van der Waals surface area contributed by atoms with Crippen LogP contribution in [0.3, 0.4) is 0 Å². The van der Waals surface area contributed by atoms with E-state index < -0.39 is 22.1 Å². The van der Waals surface area contributed by atoms with E-state index >= 15 is 0 Å². The molecule has 0 aliphatic carbocycles. The zero-order chi connectivity index (χ0) is 21.3. The lowest BCUT2D eigenvalue weighted by atomic mass is 10.2. The van der Waals surface area contributed by atoms with Crippen LogP contribution in [0.4, 0.5) is 0 Å². The van der Waals surface area contributed by atoms with Crippen molar-refractivity contribution in [1.29, 1.82) is 0 Å². The van der Waals surface area contributed by atoms with Crippen molar-refractivity contribution in [3.05, 3.63) is 56.4 Å². The second-order valence-corrected chi connectivity index (χ2v) is 9.46. The highest BCUT2D eigenvalue weighted by Gasteiger charge is 2.21. The molecule has 0 aliphatic rings. The molecule has 0 saturated carbocycles. The van der Waals surface area contributed by atoms with Crippen molar-refractivity contribution in [3.63, 3.8) is 0 Å². The molecule has 154 valence electrons. The molecule has 3 aromatic rings. The summed E-state index contributed by atoms with van der Waals surface area (Å²) >= 11 is 1.40. The Morgan fingerprint density at radius 3 is 2.76 bits per heavy atom. The number of aryl methyl sites for hydroxylation is 2. The Balaban J connectivity index is 1.86. The number of hydrogen-bond acceptors (Lipinski definition) is 7. The lowest BCUT2D eigenvalue weighted by molar-refractivity contribution is 0.0320. The van der Waals surface area contributed by atoms with E-state index in [0.29, 0.717) is 10.2 Å². The number of thiophene rings is 1. The SMILES string of the molecule is CCNS(=O)(=O)c1cccc(C(=O)O[C@@H](C)c2nc3sc(C)c(C)c3c(=O)[nH]2)c1. The van der Waals surface area contributed by atoms with Crippen LogP contribution in [-0.2, 0) is 14.8 Å². The fraction of sp³-hybridized carbons (Fsp3) is 0.316. The van der Waals surface area contributed by atoms with Gasteiger partial charge >= 0.3 is 5.97 Å². The van der Waals surface area contributed by atoms with E-state index in [1.165, 1.54) is 35.6 Å². The van der Waals surface area contributed by atoms with Crippen LogP contribution in [-0.4, -0.2) is 30.9 Å². The molecule has 2 N–H and O–H groups in total. The Bertz CT molecular complexity index is 1240. The van der Waals surface area contributed by atoms with Gasteiger partial charge in [0.05, 0.1) is 15.8 Å². The van der Waals surface area contributed by atoms with Gasteiger partial charge in [0.15, 0.2) is 11.9 Å². The first-order chi connectivity index (χ1) is 13.6. The summed E-state index contributed by atoms with van der Waals surface area (Å²) in [6.45, 7) is 7.27. The number of fused-ring (bicyclic) bond motifs is 1. The van der Waals surface area contributed by atoms with Crippen molar-refractivity contribution >= 4 is 37.5 Å². The van der Waals surface area contributed by atoms with E-state index in [1.807, 2.05) is 13.8 Å². The molecular formula is C19H21N3O5S2. The number of ether oxygens (including phenoxy) is 1. The topological polar surface area (TPSA) is 118 Å². The van der Waals surface area contributed by atoms with Crippen LogP contribution in [0, 0.1) is 13.8 Å². The Morgan fingerprint density at radius 1 is 1.34 bits per heavy atom. The highest BCUT2D eigenvalue weighted by Crippen LogP contribution is 2.27. The van der Waals surface area contributed by atoms with E-state index in [-0.39, 0.29) is 28.4 Å². The van der Waals surface area contributed by atoms with Crippen molar-refractivity contribution in [2.24, 2.45) is 0 Å². The van der Waals surface area contributed by atoms with E-state index in [9.17, 15) is 18.0 Å². The lowest BCUT2D eigenvalue weighted by Gasteiger charge is -2.13. The van der Waals surface area contributed by atoms with Gasteiger partial charge in [-0.15, -0.1) is 11.3 Å². The van der Waals surface area contributed by atoms with E-state index in [1.54, 1.807) is 13.8 Å². The third kappa shape index (κ3) is 4.24. The van der Waals surface area contributed by atoms with Gasteiger partial charge in [-0.3, -0.25) is 4.79 Å². The molecule has 0 radical (unpaired) electrons. The molecule has 0 aliphatic heterocycles. The maximum Gasteiger partial charge on any atom is 0.338 e. The summed E-state index contributed by atoms with van der Waals surface area (Å²) in [5.41, 5.74) is 0.684. The van der Waals surface area contributed by atoms with Crippen LogP contribution >= 0.6 is 11.3 Å². The smallest absolute Gasteiger partial charge is 0.338 e. The molecular weight excluding hydrogens is 414 g/mol. The Labute approximate surface area is 172 Å². The van der Waals surface area contributed by atoms with Gasteiger partial charge in [-0.25, -0.2) is 22.9 Å². The van der Waals surface area contributed by atoms with Gasteiger partial charge in [-0.2, -0.15) is 0 Å². The molecule has 0 unspecified atom stereocenters. The number of rotatable bonds is 6. The number of nitrogens with zero attached hydrogens (tertiary/aromatic N) is 1. The summed E-state index contributed by atoms with van der Waals surface area (Å²) in [6.07, 6.45) is -0.823. The van der Waals surface area contributed by atoms with Gasteiger partial charge in [0.1, 0.15) is 4.83 Å². The van der Waals surface area contributed by atoms with Crippen molar-refractivity contribution in [3.8, 4) is 0 Å². The van der Waals surface area contributed by atoms with Crippen molar-refractivity contribution in [2.75, 3.05) is 6.54 Å². The zero-order valence-electron chi connectivity index (χ0n) is 16.4. The summed E-state index contributed by atoms with van der Waals surface area (Å²) in [5.74, 6) is -0.485. The molecule has 2 heterocycles. The van der Waals surface area contributed by atoms with Gasteiger partial charge in [-0.1, -0.05) is 13.0 Å². The second-order valence-electron chi connectivity index (χ2n) is 6.49. The number of benzene rings is 1. The number of hydrogen-bond donors (Lipinski definition) is 2. The van der Waals surface area contributed by atoms with Gasteiger partial charge in [0.25, 0.3) is 5.56 Å². The summed E-state index contributed by atoms with van der Waals surface area (Å²) in [4.78, 5) is 33.6. The van der Waals surface area contributed by atoms with Crippen molar-refractivity contribution < 1.29 is 17.9 Å². The number of aromatic amines is 1. The van der Waals surface area contributed by atoms with Gasteiger partial charge in [0.2, 0.25) is 10.0 Å². The molecule has 3 rings (SSSR count). The van der Waals surface area contributed by atoms with E-state index in [0.717, 1.165) is 10.4 Å². The monoisotopic (exact) mass is 435 g/mol. The summed E-state index contributed by atoms with van der Waals surface area (Å²) in [6, 6.07) is 5.57. The highest BCUT2D eigenvalue weighted by atomic mass is 32.2. The van der Waals surface area contributed by atoms with E-state index in [2.05, 4.69) is 14.7 Å². The lowest BCUT2D eigenvalue weighted by Crippen LogP contribution is -2.23. The summed E-state index contributed by atoms with van der Waals surface area (Å²) in [7, 11) is -3.69. The number of esters is 1. The number of sulfonamides is 1. The third-order valence-corrected chi connectivity index (χ3v) is 7.09. The van der Waals surface area contributed by atoms with Crippen LogP contribution in [0.1, 0.15) is 46.6 Å². The Morgan fingerprint density at radius 2 is 2.07 bits per heavy atom. The minimum atomic E-state index is -3.69. The number of carbonyl (C=O) groups excluding carboxylic acids is 1. The minimum Gasteiger partial charge on any atom is -0.451 e. The molecule has 0 bridgehead atoms. The van der Waals surface area contributed by atoms with Gasteiger partial charge in [-0.05, 0) is 44.5 Å². The summed E-state index contributed by atoms with van der Waals surface area (Å²) < 4.78 is 32.0. The second kappa shape index (κ2) is 8.05. The summed E-state index contributed by atoms with van der Waals surface area (Å²) in [5, 5.41) is 0.538. The Hall–Kier alpha value is -2.56. The molecule has 1 atom stereocenters. The molecule has 8 nitrogen and oxygen atoms in total. The minimum absolute atomic E-state index is 0.0288. The quantitative estimate of drug-likeness (QED) is 0.575. The van der Waals surface area contributed by atoms with Crippen LogP contribution in [0.15, 0.2) is 34.0 Å². The van der Waals surface area contributed by atoms with Crippen LogP contribution < -0.4 is 10.3 Å². The molecule has 0 fully saturated rings. The fourth-order valence-corrected chi connectivity index (χ4v) is 4.94. The first kappa shape index (κ1) is 21.2. The van der Waals surface area contributed by atoms with E-state index in [4.69, 9.17) is 4.74 Å². The molecule has 10 heteroatoms. The number of H-pyrrole nitrogens is 1. The first-order valence-electron chi connectivity index (χ1n) is 8.94. The predicted molar refractivity (Wildman–Crippen MR) is 111 cm³/mol. The molecule has 0 amide bonds. The molecule has 0 spiro atoms.